The average Bonchev–Trinajstić information content (AvgIpc) is 2.54. The second-order valence-electron chi connectivity index (χ2n) is 7.03. The van der Waals surface area contributed by atoms with Gasteiger partial charge in [-0.2, -0.15) is 0 Å². The van der Waals surface area contributed by atoms with E-state index in [2.05, 4.69) is 25.5 Å². The van der Waals surface area contributed by atoms with Gasteiger partial charge in [0, 0.05) is 24.1 Å². The van der Waals surface area contributed by atoms with E-state index in [1.807, 2.05) is 6.92 Å². The minimum absolute atomic E-state index is 0.214. The summed E-state index contributed by atoms with van der Waals surface area (Å²) in [6, 6.07) is 0.296. The highest BCUT2D eigenvalue weighted by atomic mass is 32.2. The van der Waals surface area contributed by atoms with Crippen LogP contribution in [0.3, 0.4) is 0 Å². The molecule has 0 aromatic rings. The first-order valence-corrected chi connectivity index (χ1v) is 11.0. The molecule has 23 heavy (non-hydrogen) atoms. The van der Waals surface area contributed by atoms with Crippen molar-refractivity contribution in [3.05, 3.63) is 0 Å². The van der Waals surface area contributed by atoms with Crippen molar-refractivity contribution in [1.29, 1.82) is 0 Å². The van der Waals surface area contributed by atoms with Crippen molar-refractivity contribution in [1.82, 2.24) is 4.72 Å². The van der Waals surface area contributed by atoms with Gasteiger partial charge in [0.1, 0.15) is 5.78 Å². The van der Waals surface area contributed by atoms with Crippen molar-refractivity contribution in [2.24, 2.45) is 5.92 Å². The van der Waals surface area contributed by atoms with Crippen LogP contribution < -0.4 is 4.72 Å². The van der Waals surface area contributed by atoms with Gasteiger partial charge >= 0.3 is 0 Å². The number of carbonyl (C=O) groups excluding carboxylic acids is 1. The molecule has 0 radical (unpaired) electrons. The Labute approximate surface area is 150 Å². The third-order valence-electron chi connectivity index (χ3n) is 4.55. The summed E-state index contributed by atoms with van der Waals surface area (Å²) in [4.78, 5) is 11.9. The highest BCUT2D eigenvalue weighted by molar-refractivity contribution is 7.97. The monoisotopic (exact) mass is 343 g/mol. The fourth-order valence-corrected chi connectivity index (χ4v) is 3.47. The number of unbranched alkanes of at least 4 members (excludes halogenated alkanes) is 9. The first-order chi connectivity index (χ1) is 11.1. The topological polar surface area (TPSA) is 29.1 Å². The molecule has 0 aromatic heterocycles. The van der Waals surface area contributed by atoms with Gasteiger partial charge in [0.25, 0.3) is 0 Å². The van der Waals surface area contributed by atoms with E-state index in [0.29, 0.717) is 18.2 Å². The zero-order chi connectivity index (χ0) is 17.3. The van der Waals surface area contributed by atoms with Crippen molar-refractivity contribution in [3.8, 4) is 0 Å². The summed E-state index contributed by atoms with van der Waals surface area (Å²) in [6.07, 6.45) is 15.5. The van der Waals surface area contributed by atoms with Gasteiger partial charge in [-0.3, -0.25) is 9.52 Å². The Morgan fingerprint density at radius 2 is 1.39 bits per heavy atom. The maximum absolute atomic E-state index is 11.9. The van der Waals surface area contributed by atoms with Gasteiger partial charge in [-0.15, -0.1) is 0 Å². The summed E-state index contributed by atoms with van der Waals surface area (Å²) in [6.45, 7) is 8.51. The van der Waals surface area contributed by atoms with Crippen LogP contribution in [0.15, 0.2) is 0 Å². The van der Waals surface area contributed by atoms with Gasteiger partial charge in [0.2, 0.25) is 0 Å². The maximum Gasteiger partial charge on any atom is 0.137 e. The predicted octanol–water partition coefficient (Wildman–Crippen LogP) is 6.54. The van der Waals surface area contributed by atoms with E-state index >= 15 is 0 Å². The number of ketones is 1. The summed E-state index contributed by atoms with van der Waals surface area (Å²) < 4.78 is 3.42. The molecule has 2 unspecified atom stereocenters. The van der Waals surface area contributed by atoms with Crippen LogP contribution in [0, 0.1) is 5.92 Å². The number of hydrogen-bond donors (Lipinski definition) is 1. The van der Waals surface area contributed by atoms with Gasteiger partial charge in [0.15, 0.2) is 0 Å². The van der Waals surface area contributed by atoms with Crippen molar-refractivity contribution < 1.29 is 4.79 Å². The fourth-order valence-electron chi connectivity index (χ4n) is 2.64. The summed E-state index contributed by atoms with van der Waals surface area (Å²) in [5, 5.41) is 0. The van der Waals surface area contributed by atoms with E-state index in [1.54, 1.807) is 11.9 Å². The molecule has 0 amide bonds. The van der Waals surface area contributed by atoms with Gasteiger partial charge in [-0.1, -0.05) is 90.5 Å². The minimum Gasteiger partial charge on any atom is -0.299 e. The van der Waals surface area contributed by atoms with E-state index in [9.17, 15) is 4.79 Å². The van der Waals surface area contributed by atoms with Crippen molar-refractivity contribution >= 4 is 17.7 Å². The van der Waals surface area contributed by atoms with Gasteiger partial charge < -0.3 is 0 Å². The van der Waals surface area contributed by atoms with Crippen LogP contribution in [0.25, 0.3) is 0 Å². The molecule has 2 nitrogen and oxygen atoms in total. The Morgan fingerprint density at radius 3 is 1.91 bits per heavy atom. The molecule has 0 saturated carbocycles. The van der Waals surface area contributed by atoms with Crippen LogP contribution in [0.1, 0.15) is 105 Å². The Kier molecular flexibility index (Phi) is 16.8. The molecule has 0 rings (SSSR count). The molecule has 0 bridgehead atoms. The Hall–Kier alpha value is -0.0200. The van der Waals surface area contributed by atoms with Crippen molar-refractivity contribution in [2.45, 2.75) is 111 Å². The zero-order valence-electron chi connectivity index (χ0n) is 16.2. The molecular weight excluding hydrogens is 302 g/mol. The van der Waals surface area contributed by atoms with E-state index in [1.165, 1.54) is 70.0 Å². The highest BCUT2D eigenvalue weighted by Gasteiger charge is 2.14. The summed E-state index contributed by atoms with van der Waals surface area (Å²) in [7, 11) is 0. The first kappa shape index (κ1) is 23.0. The van der Waals surface area contributed by atoms with Crippen molar-refractivity contribution in [3.63, 3.8) is 0 Å². The number of carbonyl (C=O) groups is 1. The number of rotatable bonds is 17. The molecule has 0 aliphatic rings. The fraction of sp³-hybridized carbons (Fsp3) is 0.950. The molecule has 0 fully saturated rings. The molecule has 1 N–H and O–H groups in total. The number of Topliss-reactive ketones (excluding diaryl/α,β-unsaturated/α-hetero) is 1. The molecule has 0 aliphatic carbocycles. The van der Waals surface area contributed by atoms with E-state index < -0.39 is 0 Å². The number of nitrogens with one attached hydrogen (secondary N) is 1. The Balaban J connectivity index is 3.28. The quantitative estimate of drug-likeness (QED) is 0.240. The molecule has 2 atom stereocenters. The second kappa shape index (κ2) is 16.8. The lowest BCUT2D eigenvalue weighted by molar-refractivity contribution is -0.122. The standard InChI is InChI=1S/C20H41NOS/c1-5-7-8-9-10-11-12-13-14-15-16-23-21-19(4)17-20(22)18(3)6-2/h18-19,21H,5-17H2,1-4H3. The highest BCUT2D eigenvalue weighted by Crippen LogP contribution is 2.13. The molecule has 3 heteroatoms. The predicted molar refractivity (Wildman–Crippen MR) is 106 cm³/mol. The van der Waals surface area contributed by atoms with Crippen LogP contribution >= 0.6 is 11.9 Å². The summed E-state index contributed by atoms with van der Waals surface area (Å²) >= 11 is 1.80. The third kappa shape index (κ3) is 15.3. The lowest BCUT2D eigenvalue weighted by Gasteiger charge is -2.14. The Morgan fingerprint density at radius 1 is 0.870 bits per heavy atom. The molecular formula is C20H41NOS. The average molecular weight is 344 g/mol. The first-order valence-electron chi connectivity index (χ1n) is 10.0. The van der Waals surface area contributed by atoms with E-state index in [0.717, 1.165) is 6.42 Å². The van der Waals surface area contributed by atoms with Crippen LogP contribution in [-0.2, 0) is 4.79 Å². The summed E-state index contributed by atoms with van der Waals surface area (Å²) in [5.74, 6) is 1.77. The molecule has 0 spiro atoms. The lowest BCUT2D eigenvalue weighted by atomic mass is 9.99. The lowest BCUT2D eigenvalue weighted by Crippen LogP contribution is -2.25. The zero-order valence-corrected chi connectivity index (χ0v) is 17.0. The largest absolute Gasteiger partial charge is 0.299 e. The van der Waals surface area contributed by atoms with Crippen molar-refractivity contribution in [2.75, 3.05) is 5.75 Å². The minimum atomic E-state index is 0.214. The number of hydrogen-bond acceptors (Lipinski definition) is 3. The molecule has 0 aliphatic heterocycles. The third-order valence-corrected chi connectivity index (χ3v) is 5.62. The smallest absolute Gasteiger partial charge is 0.137 e. The van der Waals surface area contributed by atoms with Crippen LogP contribution in [0.2, 0.25) is 0 Å². The van der Waals surface area contributed by atoms with Crippen LogP contribution in [-0.4, -0.2) is 17.6 Å². The van der Waals surface area contributed by atoms with Gasteiger partial charge in [-0.25, -0.2) is 0 Å². The normalized spacial score (nSPS) is 13.9. The van der Waals surface area contributed by atoms with Crippen LogP contribution in [0.5, 0.6) is 0 Å². The van der Waals surface area contributed by atoms with E-state index in [-0.39, 0.29) is 5.92 Å². The van der Waals surface area contributed by atoms with Gasteiger partial charge in [-0.05, 0) is 19.8 Å². The van der Waals surface area contributed by atoms with Gasteiger partial charge in [0.05, 0.1) is 0 Å². The Bertz CT molecular complexity index is 270. The SMILES string of the molecule is CCCCCCCCCCCCSNC(C)CC(=O)C(C)CC. The molecule has 0 saturated heterocycles. The molecule has 0 aromatic carbocycles. The van der Waals surface area contributed by atoms with E-state index in [4.69, 9.17) is 0 Å². The molecule has 138 valence electrons. The summed E-state index contributed by atoms with van der Waals surface area (Å²) in [5.41, 5.74) is 0. The molecule has 0 heterocycles. The van der Waals surface area contributed by atoms with Crippen LogP contribution in [0.4, 0.5) is 0 Å². The maximum atomic E-state index is 11.9. The second-order valence-corrected chi connectivity index (χ2v) is 7.96.